The number of aliphatic hydroxyl groups excluding tert-OH is 1. The van der Waals surface area contributed by atoms with Crippen LogP contribution in [0.3, 0.4) is 0 Å². The molecule has 258 valence electrons. The maximum atomic E-state index is 14.5. The van der Waals surface area contributed by atoms with E-state index in [1.165, 1.54) is 16.2 Å². The minimum Gasteiger partial charge on any atom is -0.493 e. The third-order valence-electron chi connectivity index (χ3n) is 8.67. The zero-order valence-corrected chi connectivity index (χ0v) is 28.5. The van der Waals surface area contributed by atoms with Crippen molar-refractivity contribution >= 4 is 35.0 Å². The fourth-order valence-electron chi connectivity index (χ4n) is 5.66. The molecule has 0 unspecified atom stereocenters. The number of carbonyl (C=O) groups excluding carboxylic acids is 3. The van der Waals surface area contributed by atoms with Crippen LogP contribution in [0, 0.1) is 12.3 Å². The standard InChI is InChI=1S/C34H47FN4O7S/c1-21-28(47-20-37-21)22-11-12-23(26(16-22)46-15-9-7-5-6-8-10-27(41)42)18-36-30(43)25-17-24(40)19-39(25)31(44)29(33(2,3)4)38-32(45)34(35)13-14-34/h11-12,16,20,24-25,29,40H,5-10,13-15,17-19H2,1-4H3,(H,36,43)(H,38,45)(H,41,42)/t24-,25+,29-/m1/s1. The van der Waals surface area contributed by atoms with Crippen molar-refractivity contribution in [2.24, 2.45) is 5.41 Å². The lowest BCUT2D eigenvalue weighted by atomic mass is 9.85. The third-order valence-corrected chi connectivity index (χ3v) is 9.65. The van der Waals surface area contributed by atoms with Gasteiger partial charge in [-0.05, 0) is 49.7 Å². The van der Waals surface area contributed by atoms with E-state index in [2.05, 4.69) is 15.6 Å². The second-order valence-corrected chi connectivity index (χ2v) is 14.6. The fraction of sp³-hybridized carbons (Fsp3) is 0.618. The van der Waals surface area contributed by atoms with Gasteiger partial charge in [-0.1, -0.05) is 52.2 Å². The van der Waals surface area contributed by atoms with Crippen molar-refractivity contribution in [3.8, 4) is 16.2 Å². The molecule has 3 amide bonds. The molecular weight excluding hydrogens is 627 g/mol. The number of thiazole rings is 1. The van der Waals surface area contributed by atoms with E-state index in [1.54, 1.807) is 26.3 Å². The Morgan fingerprint density at radius 1 is 1.15 bits per heavy atom. The number of nitrogens with one attached hydrogen (secondary N) is 2. The number of alkyl halides is 1. The Balaban J connectivity index is 1.42. The largest absolute Gasteiger partial charge is 0.493 e. The van der Waals surface area contributed by atoms with Crippen LogP contribution in [0.4, 0.5) is 4.39 Å². The number of β-amino-alcohol motifs (C(OH)–C–C–N with tert-alkyl or cyclic N) is 1. The van der Waals surface area contributed by atoms with Gasteiger partial charge in [0, 0.05) is 31.5 Å². The van der Waals surface area contributed by atoms with Gasteiger partial charge in [0.1, 0.15) is 17.8 Å². The minimum absolute atomic E-state index is 0.0366. The summed E-state index contributed by atoms with van der Waals surface area (Å²) in [4.78, 5) is 57.2. The first-order valence-electron chi connectivity index (χ1n) is 16.3. The Labute approximate surface area is 279 Å². The van der Waals surface area contributed by atoms with Crippen molar-refractivity contribution < 1.29 is 38.5 Å². The number of aliphatic carboxylic acids is 1. The van der Waals surface area contributed by atoms with Crippen LogP contribution in [0.1, 0.15) is 89.8 Å². The molecule has 1 aliphatic carbocycles. The molecule has 4 rings (SSSR count). The molecule has 2 heterocycles. The van der Waals surface area contributed by atoms with Gasteiger partial charge in [-0.25, -0.2) is 9.37 Å². The topological polar surface area (TPSA) is 158 Å². The Kier molecular flexibility index (Phi) is 12.0. The van der Waals surface area contributed by atoms with Crippen molar-refractivity contribution in [2.75, 3.05) is 13.2 Å². The van der Waals surface area contributed by atoms with Crippen molar-refractivity contribution in [3.05, 3.63) is 35.0 Å². The number of amides is 3. The smallest absolute Gasteiger partial charge is 0.303 e. The van der Waals surface area contributed by atoms with E-state index in [0.717, 1.165) is 47.4 Å². The highest BCUT2D eigenvalue weighted by atomic mass is 32.1. The molecule has 3 atom stereocenters. The lowest BCUT2D eigenvalue weighted by Gasteiger charge is -2.35. The number of hydrogen-bond donors (Lipinski definition) is 4. The molecule has 13 heteroatoms. The summed E-state index contributed by atoms with van der Waals surface area (Å²) in [5.41, 5.74) is 1.63. The number of halogens is 1. The number of carboxylic acids is 1. The number of aromatic nitrogens is 1. The first-order valence-corrected chi connectivity index (χ1v) is 17.2. The Hall–Kier alpha value is -3.58. The SMILES string of the molecule is Cc1ncsc1-c1ccc(CNC(=O)[C@@H]2C[C@@H](O)CN2C(=O)[C@@H](NC(=O)C2(F)CC2)C(C)(C)C)c(OCCCCCCCC(=O)O)c1. The van der Waals surface area contributed by atoms with Crippen LogP contribution < -0.4 is 15.4 Å². The molecule has 1 aliphatic heterocycles. The van der Waals surface area contributed by atoms with E-state index in [1.807, 2.05) is 25.1 Å². The monoisotopic (exact) mass is 674 g/mol. The fourth-order valence-corrected chi connectivity index (χ4v) is 6.47. The summed E-state index contributed by atoms with van der Waals surface area (Å²) in [5.74, 6) is -1.99. The Bertz CT molecular complexity index is 1440. The van der Waals surface area contributed by atoms with E-state index in [0.29, 0.717) is 18.8 Å². The van der Waals surface area contributed by atoms with Crippen LogP contribution in [0.25, 0.3) is 10.4 Å². The number of carboxylic acid groups (broad SMARTS) is 1. The molecule has 1 aromatic heterocycles. The van der Waals surface area contributed by atoms with Crippen molar-refractivity contribution in [3.63, 3.8) is 0 Å². The van der Waals surface area contributed by atoms with Crippen LogP contribution in [0.15, 0.2) is 23.7 Å². The number of carbonyl (C=O) groups is 4. The number of rotatable bonds is 16. The molecule has 0 radical (unpaired) electrons. The van der Waals surface area contributed by atoms with Gasteiger partial charge in [0.25, 0.3) is 5.91 Å². The highest BCUT2D eigenvalue weighted by Gasteiger charge is 2.53. The van der Waals surface area contributed by atoms with Crippen LogP contribution in [0.5, 0.6) is 5.75 Å². The molecule has 2 fully saturated rings. The predicted octanol–water partition coefficient (Wildman–Crippen LogP) is 4.53. The summed E-state index contributed by atoms with van der Waals surface area (Å²) in [5, 5.41) is 24.8. The van der Waals surface area contributed by atoms with Crippen LogP contribution >= 0.6 is 11.3 Å². The summed E-state index contributed by atoms with van der Waals surface area (Å²) in [6.07, 6.45) is 3.61. The van der Waals surface area contributed by atoms with E-state index in [9.17, 15) is 28.7 Å². The first kappa shape index (κ1) is 36.3. The maximum absolute atomic E-state index is 14.5. The van der Waals surface area contributed by atoms with Gasteiger partial charge in [0.15, 0.2) is 5.67 Å². The molecule has 2 aromatic rings. The Morgan fingerprint density at radius 3 is 2.49 bits per heavy atom. The minimum atomic E-state index is -1.96. The Morgan fingerprint density at radius 2 is 1.85 bits per heavy atom. The molecule has 47 heavy (non-hydrogen) atoms. The maximum Gasteiger partial charge on any atom is 0.303 e. The molecule has 11 nitrogen and oxygen atoms in total. The molecule has 0 bridgehead atoms. The average molecular weight is 675 g/mol. The van der Waals surface area contributed by atoms with Gasteiger partial charge in [0.05, 0.1) is 28.8 Å². The van der Waals surface area contributed by atoms with Crippen molar-refractivity contribution in [2.45, 2.75) is 116 Å². The molecular formula is C34H47FN4O7S. The van der Waals surface area contributed by atoms with Gasteiger partial charge in [-0.3, -0.25) is 19.2 Å². The van der Waals surface area contributed by atoms with E-state index < -0.39 is 53.0 Å². The highest BCUT2D eigenvalue weighted by Crippen LogP contribution is 2.40. The lowest BCUT2D eigenvalue weighted by molar-refractivity contribution is -0.145. The van der Waals surface area contributed by atoms with Crippen molar-refractivity contribution in [1.29, 1.82) is 0 Å². The number of aryl methyl sites for hydroxylation is 1. The van der Waals surface area contributed by atoms with Gasteiger partial charge in [-0.2, -0.15) is 0 Å². The van der Waals surface area contributed by atoms with Gasteiger partial charge in [0.2, 0.25) is 11.8 Å². The molecule has 1 saturated heterocycles. The number of nitrogens with zero attached hydrogens (tertiary/aromatic N) is 2. The summed E-state index contributed by atoms with van der Waals surface area (Å²) in [6, 6.07) is 3.71. The van der Waals surface area contributed by atoms with E-state index in [4.69, 9.17) is 9.84 Å². The average Bonchev–Trinajstić information content (AvgIpc) is 3.42. The van der Waals surface area contributed by atoms with E-state index in [-0.39, 0.29) is 38.8 Å². The summed E-state index contributed by atoms with van der Waals surface area (Å²) < 4.78 is 20.7. The number of likely N-dealkylation sites (tertiary alicyclic amines) is 1. The first-order chi connectivity index (χ1) is 22.2. The quantitative estimate of drug-likeness (QED) is 0.189. The molecule has 1 saturated carbocycles. The normalized spacial score (nSPS) is 19.2. The summed E-state index contributed by atoms with van der Waals surface area (Å²) in [7, 11) is 0. The molecule has 1 aromatic carbocycles. The highest BCUT2D eigenvalue weighted by molar-refractivity contribution is 7.13. The van der Waals surface area contributed by atoms with Gasteiger partial charge in [-0.15, -0.1) is 11.3 Å². The number of unbranched alkanes of at least 4 members (excludes halogenated alkanes) is 4. The number of benzene rings is 1. The van der Waals surface area contributed by atoms with E-state index >= 15 is 0 Å². The molecule has 4 N–H and O–H groups in total. The van der Waals surface area contributed by atoms with Crippen LogP contribution in [0.2, 0.25) is 0 Å². The van der Waals surface area contributed by atoms with Crippen LogP contribution in [-0.2, 0) is 25.7 Å². The molecule has 0 spiro atoms. The number of aliphatic hydroxyl groups is 1. The summed E-state index contributed by atoms with van der Waals surface area (Å²) >= 11 is 1.52. The predicted molar refractivity (Wildman–Crippen MR) is 176 cm³/mol. The zero-order valence-electron chi connectivity index (χ0n) is 27.6. The summed E-state index contributed by atoms with van der Waals surface area (Å²) in [6.45, 7) is 7.69. The van der Waals surface area contributed by atoms with Crippen molar-refractivity contribution in [1.82, 2.24) is 20.5 Å². The van der Waals surface area contributed by atoms with Crippen LogP contribution in [-0.4, -0.2) is 80.8 Å². The zero-order chi connectivity index (χ0) is 34.4. The number of hydrogen-bond acceptors (Lipinski definition) is 8. The molecule has 2 aliphatic rings. The lowest BCUT2D eigenvalue weighted by Crippen LogP contribution is -2.59. The third kappa shape index (κ3) is 9.72. The second kappa shape index (κ2) is 15.5. The second-order valence-electron chi connectivity index (χ2n) is 13.7. The number of ether oxygens (including phenoxy) is 1. The van der Waals surface area contributed by atoms with Gasteiger partial charge < -0.3 is 30.5 Å². The van der Waals surface area contributed by atoms with Gasteiger partial charge >= 0.3 is 5.97 Å².